The van der Waals surface area contributed by atoms with Crippen LogP contribution in [0.5, 0.6) is 0 Å². The highest BCUT2D eigenvalue weighted by molar-refractivity contribution is 5.88. The molecule has 0 heteroatoms. The van der Waals surface area contributed by atoms with Crippen molar-refractivity contribution < 1.29 is 0 Å². The normalized spacial score (nSPS) is 36.6. The van der Waals surface area contributed by atoms with Gasteiger partial charge in [-0.1, -0.05) is 68.9 Å². The Morgan fingerprint density at radius 3 is 2.24 bits per heavy atom. The SMILES string of the molecule is CC1=CC=CC2(C)C3(C)Cc4c(C)c(C)c(C)c(C)c4C3=C3C=CC=CC3C12C. The fraction of sp³-hybridized carbons (Fsp3) is 0.448. The van der Waals surface area contributed by atoms with Gasteiger partial charge in [0, 0.05) is 22.2 Å². The molecule has 4 atom stereocenters. The van der Waals surface area contributed by atoms with Gasteiger partial charge in [-0.05, 0) is 85.6 Å². The molecule has 1 aromatic carbocycles. The first-order valence-corrected chi connectivity index (χ1v) is 11.2. The molecule has 4 aliphatic carbocycles. The maximum atomic E-state index is 2.56. The number of fused-ring (bicyclic) bond motifs is 7. The Kier molecular flexibility index (Phi) is 3.61. The lowest BCUT2D eigenvalue weighted by atomic mass is 9.39. The van der Waals surface area contributed by atoms with Crippen LogP contribution in [0.4, 0.5) is 0 Å². The van der Waals surface area contributed by atoms with E-state index in [2.05, 4.69) is 97.9 Å². The van der Waals surface area contributed by atoms with Gasteiger partial charge in [-0.2, -0.15) is 0 Å². The lowest BCUT2D eigenvalue weighted by Gasteiger charge is -2.63. The zero-order valence-corrected chi connectivity index (χ0v) is 19.3. The van der Waals surface area contributed by atoms with Gasteiger partial charge in [-0.25, -0.2) is 0 Å². The highest BCUT2D eigenvalue weighted by atomic mass is 14.7. The molecule has 0 radical (unpaired) electrons. The summed E-state index contributed by atoms with van der Waals surface area (Å²) in [5.74, 6) is 0.425. The molecule has 0 fully saturated rings. The molecule has 0 N–H and O–H groups in total. The molecule has 5 rings (SSSR count). The van der Waals surface area contributed by atoms with Gasteiger partial charge >= 0.3 is 0 Å². The first kappa shape index (κ1) is 18.9. The van der Waals surface area contributed by atoms with Crippen LogP contribution in [0.15, 0.2) is 53.7 Å². The summed E-state index contributed by atoms with van der Waals surface area (Å²) in [6.07, 6.45) is 17.8. The van der Waals surface area contributed by atoms with Crippen LogP contribution in [0.25, 0.3) is 5.57 Å². The van der Waals surface area contributed by atoms with Crippen LogP contribution < -0.4 is 0 Å². The van der Waals surface area contributed by atoms with E-state index < -0.39 is 0 Å². The van der Waals surface area contributed by atoms with Crippen molar-refractivity contribution in [3.8, 4) is 0 Å². The largest absolute Gasteiger partial charge is 0.0768 e. The molecule has 0 amide bonds. The van der Waals surface area contributed by atoms with Gasteiger partial charge in [0.2, 0.25) is 0 Å². The van der Waals surface area contributed by atoms with Gasteiger partial charge in [0.15, 0.2) is 0 Å². The van der Waals surface area contributed by atoms with Crippen molar-refractivity contribution in [1.29, 1.82) is 0 Å². The molecular formula is C29H34. The van der Waals surface area contributed by atoms with Crippen molar-refractivity contribution in [3.63, 3.8) is 0 Å². The molecule has 0 nitrogen and oxygen atoms in total. The Morgan fingerprint density at radius 2 is 1.52 bits per heavy atom. The fourth-order valence-corrected chi connectivity index (χ4v) is 7.32. The van der Waals surface area contributed by atoms with Gasteiger partial charge in [0.25, 0.3) is 0 Å². The monoisotopic (exact) mass is 382 g/mol. The predicted octanol–water partition coefficient (Wildman–Crippen LogP) is 7.52. The summed E-state index contributed by atoms with van der Waals surface area (Å²) < 4.78 is 0. The second-order valence-corrected chi connectivity index (χ2v) is 10.5. The second-order valence-electron chi connectivity index (χ2n) is 10.5. The van der Waals surface area contributed by atoms with Gasteiger partial charge in [-0.15, -0.1) is 0 Å². The maximum Gasteiger partial charge on any atom is 0.0124 e. The molecule has 0 aliphatic heterocycles. The Morgan fingerprint density at radius 1 is 0.828 bits per heavy atom. The highest BCUT2D eigenvalue weighted by Crippen LogP contribution is 2.74. The maximum absolute atomic E-state index is 2.56. The van der Waals surface area contributed by atoms with Crippen LogP contribution in [-0.2, 0) is 6.42 Å². The Balaban J connectivity index is 1.95. The van der Waals surface area contributed by atoms with Crippen LogP contribution in [0.2, 0.25) is 0 Å². The zero-order valence-electron chi connectivity index (χ0n) is 19.3. The average Bonchev–Trinajstić information content (AvgIpc) is 3.03. The summed E-state index contributed by atoms with van der Waals surface area (Å²) in [4.78, 5) is 0. The number of hydrogen-bond donors (Lipinski definition) is 0. The molecule has 0 aromatic heterocycles. The summed E-state index contributed by atoms with van der Waals surface area (Å²) in [5, 5.41) is 0. The molecule has 0 saturated carbocycles. The molecule has 0 spiro atoms. The van der Waals surface area contributed by atoms with Crippen molar-refractivity contribution in [2.24, 2.45) is 22.2 Å². The van der Waals surface area contributed by atoms with Gasteiger partial charge in [0.1, 0.15) is 0 Å². The third-order valence-electron chi connectivity index (χ3n) is 9.91. The lowest BCUT2D eigenvalue weighted by Crippen LogP contribution is -2.56. The molecule has 0 bridgehead atoms. The summed E-state index contributed by atoms with van der Waals surface area (Å²) in [6, 6.07) is 0. The minimum Gasteiger partial charge on any atom is -0.0768 e. The van der Waals surface area contributed by atoms with Crippen molar-refractivity contribution in [2.45, 2.75) is 61.8 Å². The van der Waals surface area contributed by atoms with E-state index in [9.17, 15) is 0 Å². The molecule has 0 saturated heterocycles. The lowest BCUT2D eigenvalue weighted by molar-refractivity contribution is 0.0175. The van der Waals surface area contributed by atoms with Crippen LogP contribution in [0, 0.1) is 49.9 Å². The number of benzene rings is 1. The first-order valence-electron chi connectivity index (χ1n) is 11.2. The molecule has 0 heterocycles. The van der Waals surface area contributed by atoms with Crippen molar-refractivity contribution in [2.75, 3.05) is 0 Å². The van der Waals surface area contributed by atoms with Crippen LogP contribution >= 0.6 is 0 Å². The number of rotatable bonds is 0. The van der Waals surface area contributed by atoms with E-state index in [4.69, 9.17) is 0 Å². The van der Waals surface area contributed by atoms with Gasteiger partial charge < -0.3 is 0 Å². The Hall–Kier alpha value is -2.08. The second kappa shape index (κ2) is 5.54. The topological polar surface area (TPSA) is 0 Å². The van der Waals surface area contributed by atoms with Gasteiger partial charge in [0.05, 0.1) is 0 Å². The van der Waals surface area contributed by atoms with Crippen molar-refractivity contribution in [1.82, 2.24) is 0 Å². The Bertz CT molecular complexity index is 1120. The molecule has 29 heavy (non-hydrogen) atoms. The number of hydrogen-bond acceptors (Lipinski definition) is 0. The third-order valence-corrected chi connectivity index (χ3v) is 9.91. The summed E-state index contributed by atoms with van der Waals surface area (Å²) in [5.41, 5.74) is 14.1. The van der Waals surface area contributed by atoms with E-state index in [1.165, 1.54) is 27.8 Å². The van der Waals surface area contributed by atoms with E-state index in [0.717, 1.165) is 6.42 Å². The summed E-state index contributed by atoms with van der Waals surface area (Å²) >= 11 is 0. The highest BCUT2D eigenvalue weighted by Gasteiger charge is 2.65. The molecule has 4 unspecified atom stereocenters. The summed E-state index contributed by atoms with van der Waals surface area (Å²) in [7, 11) is 0. The molecule has 4 aliphatic rings. The first-order chi connectivity index (χ1) is 13.6. The smallest absolute Gasteiger partial charge is 0.0124 e. The summed E-state index contributed by atoms with van der Waals surface area (Å²) in [6.45, 7) is 19.3. The minimum absolute atomic E-state index is 0.0670. The van der Waals surface area contributed by atoms with Crippen molar-refractivity contribution in [3.05, 3.63) is 87.1 Å². The van der Waals surface area contributed by atoms with Crippen LogP contribution in [0.1, 0.15) is 61.1 Å². The zero-order chi connectivity index (χ0) is 20.9. The van der Waals surface area contributed by atoms with E-state index in [1.54, 1.807) is 22.3 Å². The van der Waals surface area contributed by atoms with E-state index >= 15 is 0 Å². The molecule has 150 valence electrons. The standard InChI is InChI=1S/C29H34/c1-17-12-11-15-28(7)27(6)16-23-20(4)18(2)19(3)21(5)25(23)26(27)22-13-9-10-14-24(22)29(17,28)8/h9-15,24H,16H2,1-8H3. The van der Waals surface area contributed by atoms with Gasteiger partial charge in [-0.3, -0.25) is 0 Å². The third kappa shape index (κ3) is 1.88. The fourth-order valence-electron chi connectivity index (χ4n) is 7.32. The van der Waals surface area contributed by atoms with E-state index in [-0.39, 0.29) is 16.2 Å². The molecular weight excluding hydrogens is 348 g/mol. The quantitative estimate of drug-likeness (QED) is 0.435. The van der Waals surface area contributed by atoms with E-state index in [0.29, 0.717) is 5.92 Å². The number of allylic oxidation sites excluding steroid dienone is 10. The van der Waals surface area contributed by atoms with E-state index in [1.807, 2.05) is 0 Å². The van der Waals surface area contributed by atoms with Crippen LogP contribution in [-0.4, -0.2) is 0 Å². The molecule has 1 aromatic rings. The van der Waals surface area contributed by atoms with Crippen LogP contribution in [0.3, 0.4) is 0 Å². The average molecular weight is 383 g/mol. The van der Waals surface area contributed by atoms with Crippen molar-refractivity contribution >= 4 is 5.57 Å². The minimum atomic E-state index is 0.0670. The Labute approximate surface area is 176 Å². The predicted molar refractivity (Wildman–Crippen MR) is 125 cm³/mol.